The predicted octanol–water partition coefficient (Wildman–Crippen LogP) is 6.17. The van der Waals surface area contributed by atoms with Crippen molar-refractivity contribution in [1.82, 2.24) is 0 Å². The molecule has 1 atom stereocenters. The van der Waals surface area contributed by atoms with Crippen molar-refractivity contribution < 1.29 is 0 Å². The van der Waals surface area contributed by atoms with Crippen LogP contribution in [0.4, 0.5) is 0 Å². The second-order valence-electron chi connectivity index (χ2n) is 5.26. The van der Waals surface area contributed by atoms with E-state index in [2.05, 4.69) is 66.7 Å². The average molecular weight is 308 g/mol. The van der Waals surface area contributed by atoms with Crippen molar-refractivity contribution in [3.05, 3.63) is 72.3 Å². The van der Waals surface area contributed by atoms with Crippen molar-refractivity contribution >= 4 is 34.3 Å². The first-order valence-corrected chi connectivity index (χ1v) is 9.14. The molecule has 1 heterocycles. The quantitative estimate of drug-likeness (QED) is 0.555. The molecule has 0 aliphatic carbocycles. The van der Waals surface area contributed by atoms with E-state index in [1.807, 2.05) is 23.5 Å². The van der Waals surface area contributed by atoms with E-state index >= 15 is 0 Å². The summed E-state index contributed by atoms with van der Waals surface area (Å²) in [6.07, 6.45) is 1.24. The Kier molecular flexibility index (Phi) is 3.66. The Morgan fingerprint density at radius 3 is 2.57 bits per heavy atom. The Morgan fingerprint density at radius 2 is 1.67 bits per heavy atom. The highest BCUT2D eigenvalue weighted by atomic mass is 32.2. The highest BCUT2D eigenvalue weighted by molar-refractivity contribution is 8.01. The lowest BCUT2D eigenvalue weighted by Gasteiger charge is -2.26. The molecule has 0 amide bonds. The Bertz CT molecular complexity index is 765. The van der Waals surface area contributed by atoms with Crippen LogP contribution in [-0.4, -0.2) is 5.75 Å². The molecule has 1 aliphatic rings. The number of hydrogen-bond donors (Lipinski definition) is 0. The molecule has 0 saturated heterocycles. The molecule has 2 heteroatoms. The van der Waals surface area contributed by atoms with Crippen molar-refractivity contribution in [3.63, 3.8) is 0 Å². The summed E-state index contributed by atoms with van der Waals surface area (Å²) in [6.45, 7) is 0. The molecule has 104 valence electrons. The fourth-order valence-electron chi connectivity index (χ4n) is 2.94. The van der Waals surface area contributed by atoms with Gasteiger partial charge < -0.3 is 0 Å². The number of thioether (sulfide) groups is 2. The molecule has 0 aromatic heterocycles. The van der Waals surface area contributed by atoms with Crippen LogP contribution in [-0.2, 0) is 0 Å². The van der Waals surface area contributed by atoms with E-state index in [-0.39, 0.29) is 0 Å². The van der Waals surface area contributed by atoms with Crippen LogP contribution in [0.3, 0.4) is 0 Å². The SMILES string of the molecule is c1ccc(SC2CCSc3ccc4ccccc4c32)cc1. The molecule has 3 aromatic rings. The zero-order chi connectivity index (χ0) is 14.1. The van der Waals surface area contributed by atoms with E-state index in [0.717, 1.165) is 0 Å². The molecule has 0 N–H and O–H groups in total. The van der Waals surface area contributed by atoms with Crippen molar-refractivity contribution in [2.24, 2.45) is 0 Å². The number of fused-ring (bicyclic) bond motifs is 3. The highest BCUT2D eigenvalue weighted by Gasteiger charge is 2.23. The van der Waals surface area contributed by atoms with Crippen LogP contribution in [0.1, 0.15) is 17.2 Å². The third kappa shape index (κ3) is 2.58. The van der Waals surface area contributed by atoms with Gasteiger partial charge in [0.25, 0.3) is 0 Å². The molecule has 1 aliphatic heterocycles. The molecular formula is C19H16S2. The first-order valence-electron chi connectivity index (χ1n) is 7.28. The van der Waals surface area contributed by atoms with E-state index in [0.29, 0.717) is 5.25 Å². The van der Waals surface area contributed by atoms with Crippen LogP contribution >= 0.6 is 23.5 Å². The van der Waals surface area contributed by atoms with Gasteiger partial charge in [0, 0.05) is 15.0 Å². The van der Waals surface area contributed by atoms with Crippen molar-refractivity contribution in [1.29, 1.82) is 0 Å². The minimum absolute atomic E-state index is 0.565. The van der Waals surface area contributed by atoms with Gasteiger partial charge in [-0.25, -0.2) is 0 Å². The van der Waals surface area contributed by atoms with Crippen LogP contribution in [0.5, 0.6) is 0 Å². The third-order valence-electron chi connectivity index (χ3n) is 3.91. The van der Waals surface area contributed by atoms with Crippen LogP contribution in [0, 0.1) is 0 Å². The first kappa shape index (κ1) is 13.3. The Labute approximate surface area is 134 Å². The summed E-state index contributed by atoms with van der Waals surface area (Å²) < 4.78 is 0. The molecule has 0 nitrogen and oxygen atoms in total. The highest BCUT2D eigenvalue weighted by Crippen LogP contribution is 2.48. The lowest BCUT2D eigenvalue weighted by Crippen LogP contribution is -2.05. The molecule has 0 radical (unpaired) electrons. The summed E-state index contributed by atoms with van der Waals surface area (Å²) in [6, 6.07) is 24.1. The van der Waals surface area contributed by atoms with Crippen LogP contribution in [0.2, 0.25) is 0 Å². The molecule has 0 saturated carbocycles. The lowest BCUT2D eigenvalue weighted by atomic mass is 10.0. The summed E-state index contributed by atoms with van der Waals surface area (Å²) in [5, 5.41) is 3.35. The number of hydrogen-bond acceptors (Lipinski definition) is 2. The van der Waals surface area contributed by atoms with Crippen LogP contribution in [0.15, 0.2) is 76.5 Å². The topological polar surface area (TPSA) is 0 Å². The molecule has 0 bridgehead atoms. The summed E-state index contributed by atoms with van der Waals surface area (Å²) in [4.78, 5) is 2.83. The lowest BCUT2D eigenvalue weighted by molar-refractivity contribution is 0.874. The second-order valence-corrected chi connectivity index (χ2v) is 7.67. The van der Waals surface area contributed by atoms with Gasteiger partial charge >= 0.3 is 0 Å². The Morgan fingerprint density at radius 1 is 0.857 bits per heavy atom. The van der Waals surface area contributed by atoms with Gasteiger partial charge in [-0.15, -0.1) is 23.5 Å². The van der Waals surface area contributed by atoms with Crippen LogP contribution in [0.25, 0.3) is 10.8 Å². The van der Waals surface area contributed by atoms with Gasteiger partial charge in [0.15, 0.2) is 0 Å². The maximum atomic E-state index is 2.31. The summed E-state index contributed by atoms with van der Waals surface area (Å²) >= 11 is 4.01. The van der Waals surface area contributed by atoms with E-state index in [4.69, 9.17) is 0 Å². The van der Waals surface area contributed by atoms with E-state index in [1.54, 1.807) is 5.56 Å². The molecule has 1 unspecified atom stereocenters. The minimum atomic E-state index is 0.565. The molecule has 0 fully saturated rings. The third-order valence-corrected chi connectivity index (χ3v) is 6.32. The fourth-order valence-corrected chi connectivity index (χ4v) is 5.55. The van der Waals surface area contributed by atoms with Gasteiger partial charge in [0.1, 0.15) is 0 Å². The number of benzene rings is 3. The smallest absolute Gasteiger partial charge is 0.0369 e. The maximum Gasteiger partial charge on any atom is 0.0369 e. The molecule has 21 heavy (non-hydrogen) atoms. The van der Waals surface area contributed by atoms with Gasteiger partial charge in [-0.1, -0.05) is 48.5 Å². The first-order chi connectivity index (χ1) is 10.4. The van der Waals surface area contributed by atoms with E-state index in [1.165, 1.54) is 32.7 Å². The molecule has 0 spiro atoms. The van der Waals surface area contributed by atoms with Crippen molar-refractivity contribution in [3.8, 4) is 0 Å². The van der Waals surface area contributed by atoms with Gasteiger partial charge in [0.2, 0.25) is 0 Å². The molecule has 3 aromatic carbocycles. The normalized spacial score (nSPS) is 17.6. The van der Waals surface area contributed by atoms with E-state index < -0.39 is 0 Å². The predicted molar refractivity (Wildman–Crippen MR) is 94.3 cm³/mol. The Hall–Kier alpha value is -1.38. The summed E-state index contributed by atoms with van der Waals surface area (Å²) in [7, 11) is 0. The average Bonchev–Trinajstić information content (AvgIpc) is 2.56. The van der Waals surface area contributed by atoms with Gasteiger partial charge in [-0.2, -0.15) is 0 Å². The fraction of sp³-hybridized carbons (Fsp3) is 0.158. The zero-order valence-corrected chi connectivity index (χ0v) is 13.3. The maximum absolute atomic E-state index is 2.31. The molecule has 4 rings (SSSR count). The molecular weight excluding hydrogens is 292 g/mol. The summed E-state index contributed by atoms with van der Waals surface area (Å²) in [5.41, 5.74) is 1.54. The number of rotatable bonds is 2. The summed E-state index contributed by atoms with van der Waals surface area (Å²) in [5.74, 6) is 1.22. The van der Waals surface area contributed by atoms with Gasteiger partial charge in [-0.05, 0) is 46.7 Å². The van der Waals surface area contributed by atoms with E-state index in [9.17, 15) is 0 Å². The van der Waals surface area contributed by atoms with Gasteiger partial charge in [-0.3, -0.25) is 0 Å². The van der Waals surface area contributed by atoms with Crippen molar-refractivity contribution in [2.75, 3.05) is 5.75 Å². The monoisotopic (exact) mass is 308 g/mol. The largest absolute Gasteiger partial charge is 0.126 e. The Balaban J connectivity index is 1.81. The van der Waals surface area contributed by atoms with Crippen molar-refractivity contribution in [2.45, 2.75) is 21.5 Å². The zero-order valence-electron chi connectivity index (χ0n) is 11.7. The standard InChI is InChI=1S/C19H16S2/c1-2-7-15(8-3-1)21-18-12-13-20-17-11-10-14-6-4-5-9-16(14)19(17)18/h1-11,18H,12-13H2. The second kappa shape index (κ2) is 5.78. The van der Waals surface area contributed by atoms with Crippen LogP contribution < -0.4 is 0 Å². The van der Waals surface area contributed by atoms with Gasteiger partial charge in [0.05, 0.1) is 0 Å². The minimum Gasteiger partial charge on any atom is -0.126 e.